The van der Waals surface area contributed by atoms with Crippen molar-refractivity contribution in [3.8, 4) is 0 Å². The fourth-order valence-electron chi connectivity index (χ4n) is 1.19. The molecule has 7 heteroatoms. The molecule has 0 aromatic carbocycles. The molecule has 4 N–H and O–H groups in total. The summed E-state index contributed by atoms with van der Waals surface area (Å²) in [5.74, 6) is 0. The third-order valence-electron chi connectivity index (χ3n) is 1.64. The molecule has 1 heterocycles. The fourth-order valence-corrected chi connectivity index (χ4v) is 1.19. The summed E-state index contributed by atoms with van der Waals surface area (Å²) in [7, 11) is 9.17. The zero-order chi connectivity index (χ0) is 10.3. The first-order valence-corrected chi connectivity index (χ1v) is 11.5. The maximum absolute atomic E-state index is 7.79. The summed E-state index contributed by atoms with van der Waals surface area (Å²) in [4.78, 5) is 2.42. The summed E-state index contributed by atoms with van der Waals surface area (Å²) < 4.78 is 15.6. The standard InChI is InChI=1S/C6H14N2.2ClH.2H2O.Pt/c7-3-6-8-4-1-2-5-8;;;;;/h1-7H2;2*1H;2*1H2;/q;;;;;+4/p-4. The molecule has 1 fully saturated rings. The summed E-state index contributed by atoms with van der Waals surface area (Å²) in [6.45, 7) is 4.47. The second kappa shape index (κ2) is 7.41. The van der Waals surface area contributed by atoms with Gasteiger partial charge in [-0.25, -0.2) is 0 Å². The summed E-state index contributed by atoms with van der Waals surface area (Å²) in [5, 5.41) is 0. The van der Waals surface area contributed by atoms with Gasteiger partial charge in [-0.05, 0) is 25.9 Å². The molecule has 13 heavy (non-hydrogen) atoms. The van der Waals surface area contributed by atoms with Crippen LogP contribution in [0.4, 0.5) is 0 Å². The molecule has 0 spiro atoms. The van der Waals surface area contributed by atoms with E-state index >= 15 is 0 Å². The molecule has 4 nitrogen and oxygen atoms in total. The molecule has 0 radical (unpaired) electrons. The van der Waals surface area contributed by atoms with Gasteiger partial charge < -0.3 is 10.6 Å². The van der Waals surface area contributed by atoms with Crippen LogP contribution < -0.4 is 5.73 Å². The van der Waals surface area contributed by atoms with Crippen LogP contribution in [0, 0.1) is 0 Å². The number of hydrogen-bond donors (Lipinski definition) is 3. The Morgan fingerprint density at radius 2 is 1.62 bits per heavy atom. The summed E-state index contributed by atoms with van der Waals surface area (Å²) in [5.41, 5.74) is 5.37. The molecule has 0 atom stereocenters. The van der Waals surface area contributed by atoms with Gasteiger partial charge in [-0.15, -0.1) is 0 Å². The molecule has 0 aliphatic carbocycles. The van der Waals surface area contributed by atoms with Crippen LogP contribution >= 0.6 is 18.8 Å². The van der Waals surface area contributed by atoms with E-state index in [1.54, 1.807) is 0 Å². The van der Waals surface area contributed by atoms with E-state index in [9.17, 15) is 0 Å². The number of rotatable bonds is 2. The maximum atomic E-state index is 7.79. The molecule has 1 aliphatic heterocycles. The first-order chi connectivity index (χ1) is 5.93. The molecular formula is C6H16Cl2N2O2Pt. The Morgan fingerprint density at radius 1 is 1.23 bits per heavy atom. The monoisotopic (exact) mass is 413 g/mol. The van der Waals surface area contributed by atoms with E-state index in [1.165, 1.54) is 25.9 Å². The predicted octanol–water partition coefficient (Wildman–Crippen LogP) is 0.303. The Bertz CT molecular complexity index is 122. The third kappa shape index (κ3) is 13.1. The van der Waals surface area contributed by atoms with Crippen LogP contribution in [-0.2, 0) is 14.7 Å². The van der Waals surface area contributed by atoms with Gasteiger partial charge in [0, 0.05) is 13.1 Å². The molecule has 1 rings (SSSR count). The van der Waals surface area contributed by atoms with Crippen LogP contribution in [0.1, 0.15) is 12.8 Å². The third-order valence-corrected chi connectivity index (χ3v) is 1.64. The van der Waals surface area contributed by atoms with Crippen molar-refractivity contribution in [2.45, 2.75) is 12.8 Å². The Kier molecular flexibility index (Phi) is 8.04. The minimum absolute atomic E-state index is 0.819. The number of nitrogens with zero attached hydrogens (tertiary/aromatic N) is 1. The van der Waals surface area contributed by atoms with E-state index in [0.29, 0.717) is 0 Å². The van der Waals surface area contributed by atoms with Crippen molar-refractivity contribution < 1.29 is 22.3 Å². The van der Waals surface area contributed by atoms with E-state index in [4.69, 9.17) is 13.3 Å². The van der Waals surface area contributed by atoms with Gasteiger partial charge in [-0.3, -0.25) is 0 Å². The average Bonchev–Trinajstić information content (AvgIpc) is 2.36. The quantitative estimate of drug-likeness (QED) is 0.609. The van der Waals surface area contributed by atoms with E-state index in [2.05, 4.69) is 23.7 Å². The molecule has 0 amide bonds. The van der Waals surface area contributed by atoms with Gasteiger partial charge in [0.1, 0.15) is 0 Å². The first-order valence-electron chi connectivity index (χ1n) is 3.88. The number of likely N-dealkylation sites (tertiary alicyclic amines) is 1. The zero-order valence-electron chi connectivity index (χ0n) is 7.23. The SMILES string of the molecule is NCCN1CCCC1.[OH][Pt]([OH])([Cl])[Cl]. The number of halogens is 2. The average molecular weight is 414 g/mol. The van der Waals surface area contributed by atoms with Crippen molar-refractivity contribution in [3.05, 3.63) is 0 Å². The van der Waals surface area contributed by atoms with E-state index in [1.807, 2.05) is 0 Å². The Hall–Kier alpha value is 1.11. The van der Waals surface area contributed by atoms with Gasteiger partial charge in [0.25, 0.3) is 0 Å². The fraction of sp³-hybridized carbons (Fsp3) is 1.00. The second-order valence-electron chi connectivity index (χ2n) is 2.66. The molecule has 0 aromatic rings. The van der Waals surface area contributed by atoms with Crippen LogP contribution in [0.2, 0.25) is 0 Å². The summed E-state index contributed by atoms with van der Waals surface area (Å²) in [6, 6.07) is 0. The first kappa shape index (κ1) is 14.1. The van der Waals surface area contributed by atoms with Crippen molar-refractivity contribution in [2.24, 2.45) is 5.73 Å². The van der Waals surface area contributed by atoms with Crippen molar-refractivity contribution in [2.75, 3.05) is 26.2 Å². The van der Waals surface area contributed by atoms with Crippen molar-refractivity contribution in [3.63, 3.8) is 0 Å². The number of hydrogen-bond acceptors (Lipinski definition) is 4. The molecule has 0 unspecified atom stereocenters. The normalized spacial score (nSPS) is 19.5. The van der Waals surface area contributed by atoms with Gasteiger partial charge in [0.05, 0.1) is 0 Å². The minimum atomic E-state index is -4.00. The van der Waals surface area contributed by atoms with Crippen molar-refractivity contribution >= 4 is 18.8 Å². The molecule has 1 aliphatic rings. The topological polar surface area (TPSA) is 69.7 Å². The van der Waals surface area contributed by atoms with Gasteiger partial charge in [-0.2, -0.15) is 0 Å². The predicted molar refractivity (Wildman–Crippen MR) is 50.9 cm³/mol. The molecule has 0 bridgehead atoms. The second-order valence-corrected chi connectivity index (χ2v) is 11.4. The molecule has 86 valence electrons. The van der Waals surface area contributed by atoms with Crippen LogP contribution in [0.3, 0.4) is 0 Å². The molecule has 0 saturated carbocycles. The molecular weight excluding hydrogens is 398 g/mol. The van der Waals surface area contributed by atoms with Gasteiger partial charge in [0.2, 0.25) is 0 Å². The van der Waals surface area contributed by atoms with Crippen LogP contribution in [0.15, 0.2) is 0 Å². The van der Waals surface area contributed by atoms with E-state index in [0.717, 1.165) is 13.1 Å². The van der Waals surface area contributed by atoms with Crippen molar-refractivity contribution in [1.82, 2.24) is 4.90 Å². The van der Waals surface area contributed by atoms with Gasteiger partial charge in [-0.1, -0.05) is 0 Å². The van der Waals surface area contributed by atoms with Gasteiger partial charge in [0.15, 0.2) is 0 Å². The summed E-state index contributed by atoms with van der Waals surface area (Å²) >= 11 is -4.00. The molecule has 0 aromatic heterocycles. The van der Waals surface area contributed by atoms with Crippen LogP contribution in [0.5, 0.6) is 0 Å². The van der Waals surface area contributed by atoms with Crippen molar-refractivity contribution in [1.29, 1.82) is 0 Å². The Morgan fingerprint density at radius 3 is 1.92 bits per heavy atom. The Labute approximate surface area is 90.6 Å². The van der Waals surface area contributed by atoms with Crippen LogP contribution in [0.25, 0.3) is 0 Å². The van der Waals surface area contributed by atoms with Gasteiger partial charge >= 0.3 is 41.1 Å². The van der Waals surface area contributed by atoms with Crippen LogP contribution in [-0.4, -0.2) is 38.6 Å². The van der Waals surface area contributed by atoms with E-state index < -0.39 is 14.7 Å². The Balaban J connectivity index is 0.000000252. The summed E-state index contributed by atoms with van der Waals surface area (Å²) in [6.07, 6.45) is 2.75. The number of nitrogens with two attached hydrogens (primary N) is 1. The zero-order valence-corrected chi connectivity index (χ0v) is 11.0. The molecule has 1 saturated heterocycles. The van der Waals surface area contributed by atoms with E-state index in [-0.39, 0.29) is 0 Å².